The lowest BCUT2D eigenvalue weighted by Gasteiger charge is -2.38. The number of rotatable bonds is 11. The average Bonchev–Trinajstić information content (AvgIpc) is 3.90. The molecule has 10 nitrogen and oxygen atoms in total. The Hall–Kier alpha value is -3.49. The molecule has 256 valence electrons. The summed E-state index contributed by atoms with van der Waals surface area (Å²) in [5.74, 6) is 2.78. The number of piperidine rings is 1. The van der Waals surface area contributed by atoms with Crippen LogP contribution in [0.25, 0.3) is 33.9 Å². The SMILES string of the molecule is CCCCc1c(-c2nc(N3CCCC(C)C3)c3c(CC)nn(C(C)C45CCCN4CCC5)c3n2)noc1-c1c(CCC)sc(N)c1C#N. The Morgan fingerprint density at radius 3 is 2.56 bits per heavy atom. The maximum atomic E-state index is 10.2. The van der Waals surface area contributed by atoms with Crippen LogP contribution in [-0.2, 0) is 19.3 Å². The van der Waals surface area contributed by atoms with Crippen molar-refractivity contribution in [2.75, 3.05) is 36.8 Å². The fourth-order valence-electron chi connectivity index (χ4n) is 8.90. The number of aryl methyl sites for hydroxylation is 2. The van der Waals surface area contributed by atoms with E-state index in [2.05, 4.69) is 55.2 Å². The molecule has 3 saturated heterocycles. The fourth-order valence-corrected chi connectivity index (χ4v) is 10.0. The van der Waals surface area contributed by atoms with Gasteiger partial charge in [-0.3, -0.25) is 4.90 Å². The van der Waals surface area contributed by atoms with Crippen LogP contribution in [0.4, 0.5) is 10.8 Å². The number of hydrogen-bond donors (Lipinski definition) is 1. The number of nitrogen functional groups attached to an aromatic ring is 1. The number of aromatic nitrogens is 5. The lowest BCUT2D eigenvalue weighted by molar-refractivity contribution is 0.125. The number of nitrogens with zero attached hydrogens (tertiary/aromatic N) is 8. The summed E-state index contributed by atoms with van der Waals surface area (Å²) in [7, 11) is 0. The van der Waals surface area contributed by atoms with Crippen molar-refractivity contribution in [1.82, 2.24) is 29.8 Å². The minimum atomic E-state index is 0.116. The molecule has 0 radical (unpaired) electrons. The van der Waals surface area contributed by atoms with Crippen molar-refractivity contribution >= 4 is 33.2 Å². The monoisotopic (exact) mass is 669 g/mol. The van der Waals surface area contributed by atoms with E-state index >= 15 is 0 Å². The van der Waals surface area contributed by atoms with Gasteiger partial charge in [-0.2, -0.15) is 10.4 Å². The second kappa shape index (κ2) is 13.4. The smallest absolute Gasteiger partial charge is 0.186 e. The third-order valence-electron chi connectivity index (χ3n) is 11.4. The summed E-state index contributed by atoms with van der Waals surface area (Å²) in [4.78, 5) is 17.1. The normalized spacial score (nSPS) is 20.1. The Morgan fingerprint density at radius 1 is 1.08 bits per heavy atom. The van der Waals surface area contributed by atoms with Crippen molar-refractivity contribution in [3.63, 3.8) is 0 Å². The van der Waals surface area contributed by atoms with Gasteiger partial charge in [0.2, 0.25) is 0 Å². The third kappa shape index (κ3) is 5.40. The molecule has 0 bridgehead atoms. The summed E-state index contributed by atoms with van der Waals surface area (Å²) in [5, 5.41) is 21.9. The third-order valence-corrected chi connectivity index (χ3v) is 12.4. The number of fused-ring (bicyclic) bond motifs is 2. The maximum absolute atomic E-state index is 10.2. The molecule has 4 aromatic rings. The molecule has 48 heavy (non-hydrogen) atoms. The number of thiophene rings is 1. The van der Waals surface area contributed by atoms with Crippen LogP contribution in [0, 0.1) is 17.2 Å². The van der Waals surface area contributed by atoms with Crippen molar-refractivity contribution in [3.8, 4) is 28.9 Å². The van der Waals surface area contributed by atoms with Gasteiger partial charge < -0.3 is 15.2 Å². The van der Waals surface area contributed by atoms with E-state index in [4.69, 9.17) is 30.5 Å². The zero-order valence-corrected chi connectivity index (χ0v) is 30.3. The van der Waals surface area contributed by atoms with Gasteiger partial charge in [0.15, 0.2) is 22.9 Å². The van der Waals surface area contributed by atoms with Crippen molar-refractivity contribution in [1.29, 1.82) is 5.26 Å². The van der Waals surface area contributed by atoms with Crippen LogP contribution in [-0.4, -0.2) is 61.5 Å². The molecule has 0 amide bonds. The van der Waals surface area contributed by atoms with E-state index in [0.29, 0.717) is 33.8 Å². The van der Waals surface area contributed by atoms with Crippen LogP contribution in [0.5, 0.6) is 0 Å². The average molecular weight is 670 g/mol. The minimum Gasteiger partial charge on any atom is -0.389 e. The number of hydrogen-bond acceptors (Lipinski definition) is 10. The molecule has 4 aromatic heterocycles. The second-order valence-corrected chi connectivity index (χ2v) is 15.6. The molecule has 3 aliphatic rings. The van der Waals surface area contributed by atoms with E-state index in [1.165, 1.54) is 56.5 Å². The van der Waals surface area contributed by atoms with E-state index < -0.39 is 0 Å². The molecule has 0 aromatic carbocycles. The van der Waals surface area contributed by atoms with E-state index in [9.17, 15) is 5.26 Å². The first kappa shape index (κ1) is 33.0. The maximum Gasteiger partial charge on any atom is 0.186 e. The number of nitriles is 1. The molecule has 2 N–H and O–H groups in total. The van der Waals surface area contributed by atoms with Crippen LogP contribution in [0.15, 0.2) is 4.52 Å². The highest BCUT2D eigenvalue weighted by molar-refractivity contribution is 7.16. The van der Waals surface area contributed by atoms with E-state index in [0.717, 1.165) is 96.6 Å². The molecule has 0 aliphatic carbocycles. The first-order chi connectivity index (χ1) is 23.3. The van der Waals surface area contributed by atoms with Crippen LogP contribution in [0.3, 0.4) is 0 Å². The molecule has 7 heterocycles. The standard InChI is InChI=1S/C37H51N9OS/c1-6-9-15-25-31(43-47-32(25)29-26(21-38)33(39)48-28(29)13-7-2)34-40-35(44-18-10-14-23(4)22-44)30-27(8-3)42-46(36(30)41-34)24(5)37-16-11-19-45(37)20-12-17-37/h23-24H,6-20,22,39H2,1-5H3. The summed E-state index contributed by atoms with van der Waals surface area (Å²) in [5.41, 5.74) is 11.4. The minimum absolute atomic E-state index is 0.116. The summed E-state index contributed by atoms with van der Waals surface area (Å²) in [6, 6.07) is 2.55. The molecule has 3 fully saturated rings. The van der Waals surface area contributed by atoms with E-state index in [1.807, 2.05) is 0 Å². The Labute approximate surface area is 288 Å². The quantitative estimate of drug-likeness (QED) is 0.169. The second-order valence-electron chi connectivity index (χ2n) is 14.4. The molecule has 2 unspecified atom stereocenters. The van der Waals surface area contributed by atoms with Crippen molar-refractivity contribution in [2.24, 2.45) is 5.92 Å². The van der Waals surface area contributed by atoms with Gasteiger partial charge in [0.05, 0.1) is 28.2 Å². The summed E-state index contributed by atoms with van der Waals surface area (Å²) in [6.45, 7) is 15.5. The predicted molar refractivity (Wildman–Crippen MR) is 193 cm³/mol. The largest absolute Gasteiger partial charge is 0.389 e. The number of anilines is 2. The highest BCUT2D eigenvalue weighted by atomic mass is 32.1. The van der Waals surface area contributed by atoms with Gasteiger partial charge in [0, 0.05) is 29.1 Å². The molecule has 0 spiro atoms. The van der Waals surface area contributed by atoms with Gasteiger partial charge >= 0.3 is 0 Å². The molecule has 0 saturated carbocycles. The Kier molecular flexibility index (Phi) is 9.24. The lowest BCUT2D eigenvalue weighted by Crippen LogP contribution is -2.45. The topological polar surface area (TPSA) is 126 Å². The molecule has 2 atom stereocenters. The molecular formula is C37H51N9OS. The van der Waals surface area contributed by atoms with Crippen molar-refractivity contribution < 1.29 is 4.52 Å². The summed E-state index contributed by atoms with van der Waals surface area (Å²) in [6.07, 6.45) is 12.6. The van der Waals surface area contributed by atoms with Crippen LogP contribution in [0.1, 0.15) is 120 Å². The Morgan fingerprint density at radius 2 is 1.88 bits per heavy atom. The van der Waals surface area contributed by atoms with Crippen molar-refractivity contribution in [3.05, 3.63) is 21.7 Å². The lowest BCUT2D eigenvalue weighted by atomic mass is 9.86. The molecule has 7 rings (SSSR count). The van der Waals surface area contributed by atoms with Crippen LogP contribution >= 0.6 is 11.3 Å². The summed E-state index contributed by atoms with van der Waals surface area (Å²) < 4.78 is 8.51. The summed E-state index contributed by atoms with van der Waals surface area (Å²) >= 11 is 1.49. The highest BCUT2D eigenvalue weighted by Gasteiger charge is 2.49. The molecule has 11 heteroatoms. The molecular weight excluding hydrogens is 619 g/mol. The zero-order chi connectivity index (χ0) is 33.6. The van der Waals surface area contributed by atoms with Gasteiger partial charge in [-0.15, -0.1) is 11.3 Å². The number of nitrogens with two attached hydrogens (primary N) is 1. The molecule has 3 aliphatic heterocycles. The van der Waals surface area contributed by atoms with Crippen LogP contribution < -0.4 is 10.6 Å². The highest BCUT2D eigenvalue weighted by Crippen LogP contribution is 2.48. The van der Waals surface area contributed by atoms with E-state index in [-0.39, 0.29) is 11.6 Å². The zero-order valence-electron chi connectivity index (χ0n) is 29.4. The number of unbranched alkanes of at least 4 members (excludes halogenated alkanes) is 1. The van der Waals surface area contributed by atoms with Crippen LogP contribution in [0.2, 0.25) is 0 Å². The first-order valence-corrected chi connectivity index (χ1v) is 19.3. The fraction of sp³-hybridized carbons (Fsp3) is 0.649. The Balaban J connectivity index is 1.46. The van der Waals surface area contributed by atoms with E-state index in [1.54, 1.807) is 0 Å². The van der Waals surface area contributed by atoms with Gasteiger partial charge in [-0.1, -0.05) is 45.7 Å². The first-order valence-electron chi connectivity index (χ1n) is 18.4. The van der Waals surface area contributed by atoms with Gasteiger partial charge in [-0.05, 0) is 90.1 Å². The van der Waals surface area contributed by atoms with Gasteiger partial charge in [-0.25, -0.2) is 14.6 Å². The van der Waals surface area contributed by atoms with Gasteiger partial charge in [0.1, 0.15) is 16.9 Å². The Bertz CT molecular complexity index is 1820. The van der Waals surface area contributed by atoms with Gasteiger partial charge in [0.25, 0.3) is 0 Å². The predicted octanol–water partition coefficient (Wildman–Crippen LogP) is 7.95. The van der Waals surface area contributed by atoms with Crippen molar-refractivity contribution in [2.45, 2.75) is 123 Å².